The Kier molecular flexibility index (Phi) is 3.72. The van der Waals surface area contributed by atoms with Crippen LogP contribution in [-0.4, -0.2) is 23.0 Å². The van der Waals surface area contributed by atoms with Gasteiger partial charge in [0, 0.05) is 11.8 Å². The lowest BCUT2D eigenvalue weighted by Crippen LogP contribution is -2.31. The Hall–Kier alpha value is -2.47. The molecule has 1 amide bonds. The highest BCUT2D eigenvalue weighted by Gasteiger charge is 2.11. The Balaban J connectivity index is 2.35. The van der Waals surface area contributed by atoms with E-state index in [1.807, 2.05) is 24.3 Å². The Labute approximate surface area is 110 Å². The van der Waals surface area contributed by atoms with Crippen molar-refractivity contribution < 1.29 is 9.53 Å². The molecule has 0 aliphatic heterocycles. The molecule has 2 aromatic rings. The van der Waals surface area contributed by atoms with Gasteiger partial charge in [0.25, 0.3) is 5.91 Å². The fourth-order valence-electron chi connectivity index (χ4n) is 1.65. The molecule has 0 spiro atoms. The highest BCUT2D eigenvalue weighted by atomic mass is 16.5. The van der Waals surface area contributed by atoms with Crippen LogP contribution in [0.5, 0.6) is 5.75 Å². The standard InChI is InChI=1S/C13H14N4O2/c1-8-11(13(18)17-14)7-15-12(16-8)9-3-5-10(19-2)6-4-9/h3-7H,14H2,1-2H3,(H,17,18). The van der Waals surface area contributed by atoms with Crippen LogP contribution in [-0.2, 0) is 0 Å². The van der Waals surface area contributed by atoms with E-state index in [1.165, 1.54) is 6.20 Å². The number of hydrazine groups is 1. The maximum atomic E-state index is 11.4. The molecule has 6 heteroatoms. The summed E-state index contributed by atoms with van der Waals surface area (Å²) in [7, 11) is 1.61. The van der Waals surface area contributed by atoms with Crippen LogP contribution in [0.25, 0.3) is 11.4 Å². The second-order valence-electron chi connectivity index (χ2n) is 3.89. The van der Waals surface area contributed by atoms with Gasteiger partial charge in [0.2, 0.25) is 0 Å². The molecule has 1 heterocycles. The number of benzene rings is 1. The minimum atomic E-state index is -0.404. The molecule has 0 aliphatic rings. The lowest BCUT2D eigenvalue weighted by atomic mass is 10.2. The molecule has 3 N–H and O–H groups in total. The Bertz CT molecular complexity index is 596. The van der Waals surface area contributed by atoms with E-state index in [2.05, 4.69) is 15.4 Å². The SMILES string of the molecule is COc1ccc(-c2ncc(C(=O)NN)c(C)n2)cc1. The van der Waals surface area contributed by atoms with Gasteiger partial charge in [-0.3, -0.25) is 10.2 Å². The number of nitrogens with one attached hydrogen (secondary N) is 1. The highest BCUT2D eigenvalue weighted by Crippen LogP contribution is 2.19. The summed E-state index contributed by atoms with van der Waals surface area (Å²) in [6.45, 7) is 1.74. The first-order valence-corrected chi connectivity index (χ1v) is 5.64. The molecule has 1 aromatic carbocycles. The van der Waals surface area contributed by atoms with Gasteiger partial charge >= 0.3 is 0 Å². The molecule has 0 bridgehead atoms. The quantitative estimate of drug-likeness (QED) is 0.488. The molecule has 0 unspecified atom stereocenters. The number of rotatable bonds is 3. The molecule has 0 aliphatic carbocycles. The molecule has 19 heavy (non-hydrogen) atoms. The summed E-state index contributed by atoms with van der Waals surface area (Å²) >= 11 is 0. The van der Waals surface area contributed by atoms with Gasteiger partial charge < -0.3 is 4.74 Å². The normalized spacial score (nSPS) is 10.1. The Morgan fingerprint density at radius 1 is 1.32 bits per heavy atom. The third-order valence-electron chi connectivity index (χ3n) is 2.70. The molecule has 6 nitrogen and oxygen atoms in total. The van der Waals surface area contributed by atoms with E-state index in [9.17, 15) is 4.79 Å². The number of ether oxygens (including phenoxy) is 1. The van der Waals surface area contributed by atoms with E-state index in [-0.39, 0.29) is 0 Å². The molecule has 1 aromatic heterocycles. The number of nitrogens with zero attached hydrogens (tertiary/aromatic N) is 2. The maximum Gasteiger partial charge on any atom is 0.268 e. The largest absolute Gasteiger partial charge is 0.497 e. The van der Waals surface area contributed by atoms with E-state index >= 15 is 0 Å². The van der Waals surface area contributed by atoms with Crippen LogP contribution >= 0.6 is 0 Å². The van der Waals surface area contributed by atoms with E-state index in [0.29, 0.717) is 17.1 Å². The van der Waals surface area contributed by atoms with Gasteiger partial charge in [-0.2, -0.15) is 0 Å². The topological polar surface area (TPSA) is 90.1 Å². The van der Waals surface area contributed by atoms with Crippen LogP contribution in [0.1, 0.15) is 16.1 Å². The number of aromatic nitrogens is 2. The molecule has 0 saturated carbocycles. The summed E-state index contributed by atoms with van der Waals surface area (Å²) < 4.78 is 5.09. The molecule has 0 fully saturated rings. The van der Waals surface area contributed by atoms with Gasteiger partial charge in [-0.1, -0.05) is 0 Å². The van der Waals surface area contributed by atoms with Gasteiger partial charge in [0.1, 0.15) is 5.75 Å². The van der Waals surface area contributed by atoms with Crippen molar-refractivity contribution in [2.75, 3.05) is 7.11 Å². The number of nitrogen functional groups attached to an aromatic ring is 1. The highest BCUT2D eigenvalue weighted by molar-refractivity contribution is 5.94. The monoisotopic (exact) mass is 258 g/mol. The summed E-state index contributed by atoms with van der Waals surface area (Å²) in [6, 6.07) is 7.37. The van der Waals surface area contributed by atoms with Crippen molar-refractivity contribution >= 4 is 5.91 Å². The molecule has 0 radical (unpaired) electrons. The lowest BCUT2D eigenvalue weighted by Gasteiger charge is -2.06. The van der Waals surface area contributed by atoms with Crippen LogP contribution in [0, 0.1) is 6.92 Å². The van der Waals surface area contributed by atoms with Crippen molar-refractivity contribution in [3.63, 3.8) is 0 Å². The average Bonchev–Trinajstić information content (AvgIpc) is 2.46. The predicted octanol–water partition coefficient (Wildman–Crippen LogP) is 1.06. The number of nitrogens with two attached hydrogens (primary N) is 1. The molecule has 98 valence electrons. The van der Waals surface area contributed by atoms with Gasteiger partial charge in [0.15, 0.2) is 5.82 Å². The number of carbonyl (C=O) groups is 1. The number of hydrogen-bond donors (Lipinski definition) is 2. The van der Waals surface area contributed by atoms with Gasteiger partial charge in [-0.05, 0) is 31.2 Å². The Morgan fingerprint density at radius 3 is 2.53 bits per heavy atom. The van der Waals surface area contributed by atoms with Crippen molar-refractivity contribution in [2.24, 2.45) is 5.84 Å². The van der Waals surface area contributed by atoms with Crippen molar-refractivity contribution in [2.45, 2.75) is 6.92 Å². The lowest BCUT2D eigenvalue weighted by molar-refractivity contribution is 0.0952. The smallest absolute Gasteiger partial charge is 0.268 e. The minimum absolute atomic E-state index is 0.361. The molecule has 0 atom stereocenters. The average molecular weight is 258 g/mol. The first-order valence-electron chi connectivity index (χ1n) is 5.64. The third-order valence-corrected chi connectivity index (χ3v) is 2.70. The van der Waals surface area contributed by atoms with Crippen LogP contribution in [0.3, 0.4) is 0 Å². The predicted molar refractivity (Wildman–Crippen MR) is 70.4 cm³/mol. The minimum Gasteiger partial charge on any atom is -0.497 e. The second kappa shape index (κ2) is 5.45. The van der Waals surface area contributed by atoms with Crippen LogP contribution < -0.4 is 16.0 Å². The van der Waals surface area contributed by atoms with E-state index in [1.54, 1.807) is 14.0 Å². The van der Waals surface area contributed by atoms with Gasteiger partial charge in [-0.25, -0.2) is 15.8 Å². The van der Waals surface area contributed by atoms with Crippen molar-refractivity contribution in [1.82, 2.24) is 15.4 Å². The van der Waals surface area contributed by atoms with Crippen molar-refractivity contribution in [3.8, 4) is 17.1 Å². The van der Waals surface area contributed by atoms with E-state index in [4.69, 9.17) is 10.6 Å². The van der Waals surface area contributed by atoms with E-state index in [0.717, 1.165) is 11.3 Å². The van der Waals surface area contributed by atoms with Crippen LogP contribution in [0.2, 0.25) is 0 Å². The third kappa shape index (κ3) is 2.69. The summed E-state index contributed by atoms with van der Waals surface area (Å²) in [5.41, 5.74) is 3.85. The Morgan fingerprint density at radius 2 is 2.00 bits per heavy atom. The summed E-state index contributed by atoms with van der Waals surface area (Å²) in [5.74, 6) is 5.99. The first-order chi connectivity index (χ1) is 9.15. The number of methoxy groups -OCH3 is 1. The summed E-state index contributed by atoms with van der Waals surface area (Å²) in [6.07, 6.45) is 1.46. The zero-order valence-corrected chi connectivity index (χ0v) is 10.7. The number of amides is 1. The molecule has 0 saturated heterocycles. The van der Waals surface area contributed by atoms with Crippen molar-refractivity contribution in [1.29, 1.82) is 0 Å². The first kappa shape index (κ1) is 13.0. The van der Waals surface area contributed by atoms with Gasteiger partial charge in [-0.15, -0.1) is 0 Å². The molecular weight excluding hydrogens is 244 g/mol. The number of carbonyl (C=O) groups excluding carboxylic acids is 1. The fraction of sp³-hybridized carbons (Fsp3) is 0.154. The zero-order valence-electron chi connectivity index (χ0n) is 10.7. The molecule has 2 rings (SSSR count). The van der Waals surface area contributed by atoms with Crippen LogP contribution in [0.15, 0.2) is 30.5 Å². The number of hydrogen-bond acceptors (Lipinski definition) is 5. The van der Waals surface area contributed by atoms with Crippen molar-refractivity contribution in [3.05, 3.63) is 41.7 Å². The van der Waals surface area contributed by atoms with Crippen LogP contribution in [0.4, 0.5) is 0 Å². The fourth-order valence-corrected chi connectivity index (χ4v) is 1.65. The zero-order chi connectivity index (χ0) is 13.8. The second-order valence-corrected chi connectivity index (χ2v) is 3.89. The summed E-state index contributed by atoms with van der Waals surface area (Å²) in [4.78, 5) is 19.9. The maximum absolute atomic E-state index is 11.4. The van der Waals surface area contributed by atoms with Gasteiger partial charge in [0.05, 0.1) is 18.4 Å². The van der Waals surface area contributed by atoms with E-state index < -0.39 is 5.91 Å². The number of aryl methyl sites for hydroxylation is 1. The summed E-state index contributed by atoms with van der Waals surface area (Å²) in [5, 5.41) is 0. The molecular formula is C13H14N4O2.